The summed E-state index contributed by atoms with van der Waals surface area (Å²) >= 11 is 5.90. The first-order valence-corrected chi connectivity index (χ1v) is 7.50. The van der Waals surface area contributed by atoms with E-state index < -0.39 is 6.04 Å². The Balaban J connectivity index is 1.63. The molecular weight excluding hydrogens is 303 g/mol. The zero-order valence-corrected chi connectivity index (χ0v) is 12.6. The van der Waals surface area contributed by atoms with Crippen molar-refractivity contribution in [3.8, 4) is 0 Å². The van der Waals surface area contributed by atoms with Crippen molar-refractivity contribution in [2.24, 2.45) is 5.73 Å². The van der Waals surface area contributed by atoms with Gasteiger partial charge in [0.25, 0.3) is 0 Å². The molecule has 1 fully saturated rings. The first-order chi connectivity index (χ1) is 10.6. The Morgan fingerprint density at radius 1 is 1.27 bits per heavy atom. The monoisotopic (exact) mass is 318 g/mol. The minimum Gasteiger partial charge on any atom is -0.351 e. The maximum Gasteiger partial charge on any atom is 0.241 e. The van der Waals surface area contributed by atoms with Crippen LogP contribution < -0.4 is 11.1 Å². The highest BCUT2D eigenvalue weighted by molar-refractivity contribution is 6.30. The van der Waals surface area contributed by atoms with Crippen LogP contribution in [0.3, 0.4) is 0 Å². The minimum atomic E-state index is -0.777. The molecule has 0 heterocycles. The van der Waals surface area contributed by atoms with Crippen LogP contribution in [-0.2, 0) is 4.79 Å². The average Bonchev–Trinajstić information content (AvgIpc) is 3.25. The lowest BCUT2D eigenvalue weighted by atomic mass is 10.1. The number of carbonyl (C=O) groups excluding carboxylic acids is 1. The van der Waals surface area contributed by atoms with Gasteiger partial charge in [-0.3, -0.25) is 4.79 Å². The first kappa shape index (κ1) is 15.0. The number of benzene rings is 2. The van der Waals surface area contributed by atoms with Crippen LogP contribution in [0.5, 0.6) is 0 Å². The third-order valence-electron chi connectivity index (χ3n) is 3.91. The summed E-state index contributed by atoms with van der Waals surface area (Å²) in [6, 6.07) is 12.7. The lowest BCUT2D eigenvalue weighted by Crippen LogP contribution is -2.36. The second-order valence-corrected chi connectivity index (χ2v) is 5.95. The van der Waals surface area contributed by atoms with Crippen molar-refractivity contribution in [1.82, 2.24) is 5.32 Å². The van der Waals surface area contributed by atoms with Crippen molar-refractivity contribution in [3.63, 3.8) is 0 Å². The van der Waals surface area contributed by atoms with Crippen molar-refractivity contribution < 1.29 is 9.18 Å². The maximum absolute atomic E-state index is 13.7. The number of hydrogen-bond donors (Lipinski definition) is 2. The standard InChI is InChI=1S/C17H16ClFN2O/c18-11-5-3-4-10(8-11)16(20)17(22)21-15-9-13(15)12-6-1-2-7-14(12)19/h1-8,13,15-16H,9,20H2,(H,21,22)/t13-,15+,16+/m1/s1. The molecule has 0 aromatic heterocycles. The molecule has 0 spiro atoms. The summed E-state index contributed by atoms with van der Waals surface area (Å²) < 4.78 is 13.7. The van der Waals surface area contributed by atoms with E-state index in [1.807, 2.05) is 0 Å². The molecular formula is C17H16ClFN2O. The van der Waals surface area contributed by atoms with Gasteiger partial charge in [0.15, 0.2) is 0 Å². The molecule has 2 aromatic rings. The van der Waals surface area contributed by atoms with Gasteiger partial charge in [-0.1, -0.05) is 41.9 Å². The summed E-state index contributed by atoms with van der Waals surface area (Å²) in [5.74, 6) is -0.480. The van der Waals surface area contributed by atoms with Crippen molar-refractivity contribution >= 4 is 17.5 Å². The molecule has 0 unspecified atom stereocenters. The predicted molar refractivity (Wildman–Crippen MR) is 84.1 cm³/mol. The van der Waals surface area contributed by atoms with Crippen LogP contribution in [-0.4, -0.2) is 11.9 Å². The Morgan fingerprint density at radius 3 is 2.77 bits per heavy atom. The van der Waals surface area contributed by atoms with Crippen molar-refractivity contribution in [2.75, 3.05) is 0 Å². The van der Waals surface area contributed by atoms with Gasteiger partial charge in [0.05, 0.1) is 0 Å². The normalized spacial score (nSPS) is 21.2. The fraction of sp³-hybridized carbons (Fsp3) is 0.235. The van der Waals surface area contributed by atoms with E-state index in [1.54, 1.807) is 42.5 Å². The van der Waals surface area contributed by atoms with Crippen LogP contribution in [0.1, 0.15) is 29.5 Å². The van der Waals surface area contributed by atoms with Gasteiger partial charge in [-0.15, -0.1) is 0 Å². The average molecular weight is 319 g/mol. The Bertz CT molecular complexity index is 707. The van der Waals surface area contributed by atoms with Gasteiger partial charge in [0.1, 0.15) is 11.9 Å². The summed E-state index contributed by atoms with van der Waals surface area (Å²) in [6.45, 7) is 0. The van der Waals surface area contributed by atoms with Gasteiger partial charge in [-0.25, -0.2) is 4.39 Å². The Hall–Kier alpha value is -1.91. The van der Waals surface area contributed by atoms with Gasteiger partial charge < -0.3 is 11.1 Å². The third-order valence-corrected chi connectivity index (χ3v) is 4.15. The van der Waals surface area contributed by atoms with Crippen LogP contribution in [0.25, 0.3) is 0 Å². The van der Waals surface area contributed by atoms with Gasteiger partial charge in [0.2, 0.25) is 5.91 Å². The lowest BCUT2D eigenvalue weighted by molar-refractivity contribution is -0.122. The number of hydrogen-bond acceptors (Lipinski definition) is 2. The highest BCUT2D eigenvalue weighted by atomic mass is 35.5. The van der Waals surface area contributed by atoms with Gasteiger partial charge in [-0.2, -0.15) is 0 Å². The van der Waals surface area contributed by atoms with E-state index in [1.165, 1.54) is 6.07 Å². The summed E-state index contributed by atoms with van der Waals surface area (Å²) in [5, 5.41) is 3.41. The highest BCUT2D eigenvalue weighted by Crippen LogP contribution is 2.42. The van der Waals surface area contributed by atoms with E-state index in [9.17, 15) is 9.18 Å². The predicted octanol–water partition coefficient (Wildman–Crippen LogP) is 3.15. The summed E-state index contributed by atoms with van der Waals surface area (Å²) in [6.07, 6.45) is 0.731. The Labute approximate surface area is 133 Å². The van der Waals surface area contributed by atoms with Crippen LogP contribution in [0.15, 0.2) is 48.5 Å². The zero-order chi connectivity index (χ0) is 15.7. The SMILES string of the molecule is N[C@H](C(=O)N[C@H]1C[C@@H]1c1ccccc1F)c1cccc(Cl)c1. The molecule has 5 heteroatoms. The number of nitrogens with one attached hydrogen (secondary N) is 1. The van der Waals surface area contributed by atoms with Crippen LogP contribution in [0.4, 0.5) is 4.39 Å². The van der Waals surface area contributed by atoms with Gasteiger partial charge in [0, 0.05) is 17.0 Å². The molecule has 3 N–H and O–H groups in total. The molecule has 1 amide bonds. The van der Waals surface area contributed by atoms with Gasteiger partial charge in [-0.05, 0) is 35.7 Å². The molecule has 1 aliphatic carbocycles. The van der Waals surface area contributed by atoms with Crippen molar-refractivity contribution in [2.45, 2.75) is 24.4 Å². The molecule has 0 bridgehead atoms. The fourth-order valence-electron chi connectivity index (χ4n) is 2.60. The molecule has 0 radical (unpaired) electrons. The topological polar surface area (TPSA) is 55.1 Å². The maximum atomic E-state index is 13.7. The molecule has 1 aliphatic rings. The first-order valence-electron chi connectivity index (χ1n) is 7.12. The quantitative estimate of drug-likeness (QED) is 0.910. The van der Waals surface area contributed by atoms with E-state index in [2.05, 4.69) is 5.32 Å². The molecule has 3 atom stereocenters. The fourth-order valence-corrected chi connectivity index (χ4v) is 2.80. The zero-order valence-electron chi connectivity index (χ0n) is 11.8. The van der Waals surface area contributed by atoms with E-state index in [0.717, 1.165) is 6.42 Å². The second kappa shape index (κ2) is 6.07. The van der Waals surface area contributed by atoms with Crippen LogP contribution in [0.2, 0.25) is 5.02 Å². The number of carbonyl (C=O) groups is 1. The summed E-state index contributed by atoms with van der Waals surface area (Å²) in [7, 11) is 0. The molecule has 114 valence electrons. The largest absolute Gasteiger partial charge is 0.351 e. The van der Waals surface area contributed by atoms with Crippen molar-refractivity contribution in [1.29, 1.82) is 0 Å². The minimum absolute atomic E-state index is 0.0247. The van der Waals surface area contributed by atoms with E-state index >= 15 is 0 Å². The number of halogens is 2. The number of nitrogens with two attached hydrogens (primary N) is 1. The second-order valence-electron chi connectivity index (χ2n) is 5.51. The molecule has 1 saturated carbocycles. The summed E-state index contributed by atoms with van der Waals surface area (Å²) in [5.41, 5.74) is 7.26. The molecule has 3 nitrogen and oxygen atoms in total. The van der Waals surface area contributed by atoms with Crippen LogP contribution in [0, 0.1) is 5.82 Å². The summed E-state index contributed by atoms with van der Waals surface area (Å²) in [4.78, 5) is 12.2. The van der Waals surface area contributed by atoms with Gasteiger partial charge >= 0.3 is 0 Å². The Kier molecular flexibility index (Phi) is 4.14. The van der Waals surface area contributed by atoms with E-state index in [0.29, 0.717) is 16.1 Å². The molecule has 22 heavy (non-hydrogen) atoms. The molecule has 0 saturated heterocycles. The lowest BCUT2D eigenvalue weighted by Gasteiger charge is -2.13. The number of amides is 1. The molecule has 0 aliphatic heterocycles. The van der Waals surface area contributed by atoms with Crippen LogP contribution >= 0.6 is 11.6 Å². The molecule has 2 aromatic carbocycles. The van der Waals surface area contributed by atoms with E-state index in [-0.39, 0.29) is 23.7 Å². The van der Waals surface area contributed by atoms with E-state index in [4.69, 9.17) is 17.3 Å². The third kappa shape index (κ3) is 3.13. The molecule has 3 rings (SSSR count). The highest BCUT2D eigenvalue weighted by Gasteiger charge is 2.41. The number of rotatable bonds is 4. The Morgan fingerprint density at radius 2 is 2.05 bits per heavy atom. The van der Waals surface area contributed by atoms with Crippen molar-refractivity contribution in [3.05, 3.63) is 70.5 Å². The smallest absolute Gasteiger partial charge is 0.241 e.